The SMILES string of the molecule is COc1cc(C2C(C(=O)c3cc4cccc(OC)c4o3)=C(O)C(=O)N2Cc2ccccn2)cc(OC)c1OC. The second-order valence-electron chi connectivity index (χ2n) is 8.70. The molecule has 10 nitrogen and oxygen atoms in total. The first kappa shape index (κ1) is 25.7. The zero-order valence-electron chi connectivity index (χ0n) is 21.8. The van der Waals surface area contributed by atoms with Crippen molar-refractivity contribution in [2.75, 3.05) is 28.4 Å². The van der Waals surface area contributed by atoms with Gasteiger partial charge in [-0.25, -0.2) is 0 Å². The summed E-state index contributed by atoms with van der Waals surface area (Å²) in [5.74, 6) is -0.673. The zero-order chi connectivity index (χ0) is 27.7. The Morgan fingerprint density at radius 3 is 2.28 bits per heavy atom. The largest absolute Gasteiger partial charge is 0.503 e. The van der Waals surface area contributed by atoms with Crippen LogP contribution in [0.25, 0.3) is 11.0 Å². The number of methoxy groups -OCH3 is 4. The van der Waals surface area contributed by atoms with E-state index < -0.39 is 23.5 Å². The second-order valence-corrected chi connectivity index (χ2v) is 8.70. The molecular weight excluding hydrogens is 504 g/mol. The highest BCUT2D eigenvalue weighted by Crippen LogP contribution is 2.46. The van der Waals surface area contributed by atoms with Gasteiger partial charge in [-0.05, 0) is 42.0 Å². The number of ether oxygens (including phenoxy) is 4. The summed E-state index contributed by atoms with van der Waals surface area (Å²) in [7, 11) is 5.91. The van der Waals surface area contributed by atoms with Gasteiger partial charge in [-0.3, -0.25) is 14.6 Å². The van der Waals surface area contributed by atoms with Gasteiger partial charge in [-0.2, -0.15) is 0 Å². The Morgan fingerprint density at radius 2 is 1.67 bits per heavy atom. The Bertz CT molecular complexity index is 1570. The first-order valence-electron chi connectivity index (χ1n) is 12.0. The van der Waals surface area contributed by atoms with E-state index in [1.807, 2.05) is 0 Å². The number of fused-ring (bicyclic) bond motifs is 1. The summed E-state index contributed by atoms with van der Waals surface area (Å²) < 4.78 is 27.7. The lowest BCUT2D eigenvalue weighted by molar-refractivity contribution is -0.130. The van der Waals surface area contributed by atoms with Crippen LogP contribution in [0.2, 0.25) is 0 Å². The van der Waals surface area contributed by atoms with Crippen LogP contribution >= 0.6 is 0 Å². The number of carbonyl (C=O) groups is 2. The minimum atomic E-state index is -1.02. The van der Waals surface area contributed by atoms with Gasteiger partial charge in [0, 0.05) is 11.6 Å². The quantitative estimate of drug-likeness (QED) is 0.309. The monoisotopic (exact) mass is 530 g/mol. The van der Waals surface area contributed by atoms with Crippen LogP contribution in [0.3, 0.4) is 0 Å². The van der Waals surface area contributed by atoms with Crippen LogP contribution in [0.1, 0.15) is 27.9 Å². The van der Waals surface area contributed by atoms with Crippen molar-refractivity contribution in [2.24, 2.45) is 0 Å². The molecule has 0 fully saturated rings. The minimum absolute atomic E-state index is 0.0236. The maximum Gasteiger partial charge on any atom is 0.290 e. The standard InChI is InChI=1S/C29H26N2O8/c1-35-19-10-7-8-16-12-20(39-27(16)19)25(32)23-24(17-13-21(36-2)28(38-4)22(14-17)37-3)31(29(34)26(23)33)15-18-9-5-6-11-30-18/h5-14,24,33H,15H2,1-4H3. The lowest BCUT2D eigenvalue weighted by atomic mass is 9.94. The first-order chi connectivity index (χ1) is 18.9. The Morgan fingerprint density at radius 1 is 0.949 bits per heavy atom. The smallest absolute Gasteiger partial charge is 0.290 e. The molecule has 1 aliphatic rings. The lowest BCUT2D eigenvalue weighted by Gasteiger charge is -2.27. The Balaban J connectivity index is 1.67. The first-order valence-corrected chi connectivity index (χ1v) is 12.0. The highest BCUT2D eigenvalue weighted by Gasteiger charge is 2.45. The third-order valence-corrected chi connectivity index (χ3v) is 6.56. The molecule has 3 heterocycles. The van der Waals surface area contributed by atoms with E-state index in [0.717, 1.165) is 0 Å². The van der Waals surface area contributed by atoms with Gasteiger partial charge in [0.05, 0.1) is 52.3 Å². The van der Waals surface area contributed by atoms with Crippen LogP contribution in [0.15, 0.2) is 76.5 Å². The molecule has 0 spiro atoms. The molecule has 1 unspecified atom stereocenters. The molecule has 200 valence electrons. The van der Waals surface area contributed by atoms with Gasteiger partial charge in [-0.1, -0.05) is 18.2 Å². The molecule has 1 N–H and O–H groups in total. The molecule has 1 atom stereocenters. The maximum absolute atomic E-state index is 14.0. The number of para-hydroxylation sites is 1. The number of benzene rings is 2. The summed E-state index contributed by atoms with van der Waals surface area (Å²) in [6.45, 7) is 0.0236. The van der Waals surface area contributed by atoms with Gasteiger partial charge in [0.1, 0.15) is 0 Å². The van der Waals surface area contributed by atoms with Crippen LogP contribution in [-0.4, -0.2) is 55.1 Å². The Kier molecular flexibility index (Phi) is 6.84. The summed E-state index contributed by atoms with van der Waals surface area (Å²) >= 11 is 0. The predicted octanol–water partition coefficient (Wildman–Crippen LogP) is 4.64. The van der Waals surface area contributed by atoms with Gasteiger partial charge < -0.3 is 33.4 Å². The van der Waals surface area contributed by atoms with E-state index in [0.29, 0.717) is 45.2 Å². The van der Waals surface area contributed by atoms with Crippen LogP contribution in [0.4, 0.5) is 0 Å². The molecule has 0 bridgehead atoms. The summed E-state index contributed by atoms with van der Waals surface area (Å²) in [6, 6.07) is 14.4. The van der Waals surface area contributed by atoms with Gasteiger partial charge in [0.15, 0.2) is 34.4 Å². The highest BCUT2D eigenvalue weighted by molar-refractivity contribution is 6.16. The van der Waals surface area contributed by atoms with E-state index in [1.165, 1.54) is 33.3 Å². The van der Waals surface area contributed by atoms with E-state index in [2.05, 4.69) is 4.98 Å². The minimum Gasteiger partial charge on any atom is -0.503 e. The molecule has 5 rings (SSSR count). The zero-order valence-corrected chi connectivity index (χ0v) is 21.8. The van der Waals surface area contributed by atoms with Crippen LogP contribution < -0.4 is 18.9 Å². The number of hydrogen-bond donors (Lipinski definition) is 1. The van der Waals surface area contributed by atoms with Crippen molar-refractivity contribution in [3.63, 3.8) is 0 Å². The normalized spacial score (nSPS) is 15.1. The summed E-state index contributed by atoms with van der Waals surface area (Å²) in [4.78, 5) is 33.1. The van der Waals surface area contributed by atoms with Gasteiger partial charge in [0.2, 0.25) is 11.5 Å². The van der Waals surface area contributed by atoms with E-state index in [-0.39, 0.29) is 17.9 Å². The summed E-state index contributed by atoms with van der Waals surface area (Å²) in [6.07, 6.45) is 1.60. The molecule has 2 aromatic heterocycles. The molecule has 0 saturated heterocycles. The molecule has 0 aliphatic carbocycles. The Labute approximate surface area is 224 Å². The number of pyridine rings is 1. The molecule has 1 aliphatic heterocycles. The fourth-order valence-corrected chi connectivity index (χ4v) is 4.76. The number of carbonyl (C=O) groups excluding carboxylic acids is 2. The number of aromatic nitrogens is 1. The van der Waals surface area contributed by atoms with Gasteiger partial charge in [-0.15, -0.1) is 0 Å². The lowest BCUT2D eigenvalue weighted by Crippen LogP contribution is -2.31. The third kappa shape index (κ3) is 4.39. The Hall–Kier alpha value is -4.99. The second kappa shape index (κ2) is 10.4. The number of hydrogen-bond acceptors (Lipinski definition) is 9. The van der Waals surface area contributed by atoms with Crippen molar-refractivity contribution in [1.29, 1.82) is 0 Å². The van der Waals surface area contributed by atoms with Crippen LogP contribution in [0.5, 0.6) is 23.0 Å². The van der Waals surface area contributed by atoms with Crippen molar-refractivity contribution in [1.82, 2.24) is 9.88 Å². The fourth-order valence-electron chi connectivity index (χ4n) is 4.76. The van der Waals surface area contributed by atoms with E-state index in [1.54, 1.807) is 60.8 Å². The van der Waals surface area contributed by atoms with Crippen molar-refractivity contribution in [3.05, 3.63) is 89.1 Å². The van der Waals surface area contributed by atoms with Crippen LogP contribution in [0, 0.1) is 0 Å². The number of rotatable bonds is 9. The van der Waals surface area contributed by atoms with Crippen molar-refractivity contribution < 1.29 is 38.1 Å². The number of furan rings is 1. The van der Waals surface area contributed by atoms with E-state index in [9.17, 15) is 14.7 Å². The van der Waals surface area contributed by atoms with Crippen molar-refractivity contribution in [3.8, 4) is 23.0 Å². The fraction of sp³-hybridized carbons (Fsp3) is 0.207. The molecule has 10 heteroatoms. The average molecular weight is 531 g/mol. The van der Waals surface area contributed by atoms with Gasteiger partial charge >= 0.3 is 0 Å². The number of nitrogens with zero attached hydrogens (tertiary/aromatic N) is 2. The predicted molar refractivity (Wildman–Crippen MR) is 140 cm³/mol. The summed E-state index contributed by atoms with van der Waals surface area (Å²) in [5.41, 5.74) is 1.25. The number of aliphatic hydroxyl groups excluding tert-OH is 1. The molecule has 0 saturated carbocycles. The third-order valence-electron chi connectivity index (χ3n) is 6.56. The van der Waals surface area contributed by atoms with E-state index >= 15 is 0 Å². The molecule has 1 amide bonds. The molecular formula is C29H26N2O8. The molecule has 2 aromatic carbocycles. The molecule has 0 radical (unpaired) electrons. The van der Waals surface area contributed by atoms with Crippen LogP contribution in [-0.2, 0) is 11.3 Å². The molecule has 39 heavy (non-hydrogen) atoms. The van der Waals surface area contributed by atoms with E-state index in [4.69, 9.17) is 23.4 Å². The van der Waals surface area contributed by atoms with Crippen molar-refractivity contribution in [2.45, 2.75) is 12.6 Å². The topological polar surface area (TPSA) is 121 Å². The summed E-state index contributed by atoms with van der Waals surface area (Å²) in [5, 5.41) is 11.7. The average Bonchev–Trinajstić information content (AvgIpc) is 3.51. The number of aliphatic hydroxyl groups is 1. The number of ketones is 1. The maximum atomic E-state index is 14.0. The molecule has 4 aromatic rings. The van der Waals surface area contributed by atoms with Crippen molar-refractivity contribution >= 4 is 22.7 Å². The number of amides is 1. The van der Waals surface area contributed by atoms with Gasteiger partial charge in [0.25, 0.3) is 5.91 Å². The number of Topliss-reactive ketones (excluding diaryl/α,β-unsaturated/α-hetero) is 1. The highest BCUT2D eigenvalue weighted by atomic mass is 16.5.